The summed E-state index contributed by atoms with van der Waals surface area (Å²) in [6, 6.07) is 4.75. The number of nitrogens with one attached hydrogen (secondary N) is 2. The van der Waals surface area contributed by atoms with E-state index in [0.717, 1.165) is 0 Å². The maximum atomic E-state index is 12.0. The molecule has 0 heterocycles. The fourth-order valence-corrected chi connectivity index (χ4v) is 2.85. The number of hydrogen-bond donors (Lipinski definition) is 2. The molecule has 2 N–H and O–H groups in total. The molecule has 0 aliphatic heterocycles. The van der Waals surface area contributed by atoms with E-state index in [1.165, 1.54) is 14.2 Å². The molecule has 0 radical (unpaired) electrons. The standard InChI is InChI=1S/C15H24N2O5S/c1-11(2)10-17-23(19,20)8-7-16-15(18)12-5-6-13(21-3)14(9-12)22-4/h5-6,9,11,17H,7-8,10H2,1-4H3,(H,16,18). The zero-order chi connectivity index (χ0) is 17.5. The van der Waals surface area contributed by atoms with Crippen LogP contribution >= 0.6 is 0 Å². The molecular weight excluding hydrogens is 320 g/mol. The molecule has 0 aliphatic rings. The van der Waals surface area contributed by atoms with Crippen LogP contribution < -0.4 is 19.5 Å². The molecule has 23 heavy (non-hydrogen) atoms. The average molecular weight is 344 g/mol. The highest BCUT2D eigenvalue weighted by Crippen LogP contribution is 2.27. The van der Waals surface area contributed by atoms with Crippen molar-refractivity contribution in [1.29, 1.82) is 0 Å². The largest absolute Gasteiger partial charge is 0.493 e. The van der Waals surface area contributed by atoms with Crippen LogP contribution in [-0.4, -0.2) is 47.4 Å². The van der Waals surface area contributed by atoms with Crippen molar-refractivity contribution in [1.82, 2.24) is 10.0 Å². The topological polar surface area (TPSA) is 93.7 Å². The smallest absolute Gasteiger partial charge is 0.251 e. The SMILES string of the molecule is COc1ccc(C(=O)NCCS(=O)(=O)NCC(C)C)cc1OC. The number of methoxy groups -OCH3 is 2. The van der Waals surface area contributed by atoms with Crippen LogP contribution in [-0.2, 0) is 10.0 Å². The van der Waals surface area contributed by atoms with Crippen LogP contribution in [0.4, 0.5) is 0 Å². The van der Waals surface area contributed by atoms with E-state index in [9.17, 15) is 13.2 Å². The van der Waals surface area contributed by atoms with E-state index in [4.69, 9.17) is 9.47 Å². The van der Waals surface area contributed by atoms with Gasteiger partial charge < -0.3 is 14.8 Å². The summed E-state index contributed by atoms with van der Waals surface area (Å²) in [6.07, 6.45) is 0. The summed E-state index contributed by atoms with van der Waals surface area (Å²) in [5.41, 5.74) is 0.371. The average Bonchev–Trinajstić information content (AvgIpc) is 2.52. The molecule has 0 aliphatic carbocycles. The van der Waals surface area contributed by atoms with Gasteiger partial charge in [-0.25, -0.2) is 13.1 Å². The molecule has 1 rings (SSSR count). The van der Waals surface area contributed by atoms with Crippen molar-refractivity contribution in [3.8, 4) is 11.5 Å². The normalized spacial score (nSPS) is 11.3. The van der Waals surface area contributed by atoms with E-state index >= 15 is 0 Å². The van der Waals surface area contributed by atoms with Crippen LogP contribution in [0.2, 0.25) is 0 Å². The Morgan fingerprint density at radius 1 is 1.17 bits per heavy atom. The van der Waals surface area contributed by atoms with Gasteiger partial charge in [-0.15, -0.1) is 0 Å². The highest BCUT2D eigenvalue weighted by molar-refractivity contribution is 7.89. The van der Waals surface area contributed by atoms with Gasteiger partial charge in [0.25, 0.3) is 5.91 Å². The lowest BCUT2D eigenvalue weighted by atomic mass is 10.2. The fraction of sp³-hybridized carbons (Fsp3) is 0.533. The summed E-state index contributed by atoms with van der Waals surface area (Å²) in [5, 5.41) is 2.58. The van der Waals surface area contributed by atoms with Gasteiger partial charge >= 0.3 is 0 Å². The third-order valence-corrected chi connectivity index (χ3v) is 4.36. The number of benzene rings is 1. The Labute approximate surface area is 137 Å². The highest BCUT2D eigenvalue weighted by atomic mass is 32.2. The van der Waals surface area contributed by atoms with Gasteiger partial charge in [0, 0.05) is 18.7 Å². The minimum Gasteiger partial charge on any atom is -0.493 e. The second-order valence-corrected chi connectivity index (χ2v) is 7.31. The van der Waals surface area contributed by atoms with Crippen molar-refractivity contribution >= 4 is 15.9 Å². The lowest BCUT2D eigenvalue weighted by Gasteiger charge is -2.11. The quantitative estimate of drug-likeness (QED) is 0.697. The van der Waals surface area contributed by atoms with E-state index in [1.807, 2.05) is 13.8 Å². The lowest BCUT2D eigenvalue weighted by molar-refractivity contribution is 0.0955. The predicted molar refractivity (Wildman–Crippen MR) is 88.5 cm³/mol. The minimum absolute atomic E-state index is 0.0284. The highest BCUT2D eigenvalue weighted by Gasteiger charge is 2.13. The molecule has 0 bridgehead atoms. The van der Waals surface area contributed by atoms with Crippen LogP contribution in [0.5, 0.6) is 11.5 Å². The van der Waals surface area contributed by atoms with Crippen molar-refractivity contribution in [3.05, 3.63) is 23.8 Å². The van der Waals surface area contributed by atoms with Crippen molar-refractivity contribution in [2.24, 2.45) is 5.92 Å². The lowest BCUT2D eigenvalue weighted by Crippen LogP contribution is -2.35. The summed E-state index contributed by atoms with van der Waals surface area (Å²) < 4.78 is 36.2. The molecule has 0 aromatic heterocycles. The number of hydrogen-bond acceptors (Lipinski definition) is 5. The van der Waals surface area contributed by atoms with E-state index in [0.29, 0.717) is 23.6 Å². The number of sulfonamides is 1. The van der Waals surface area contributed by atoms with Gasteiger partial charge in [0.2, 0.25) is 10.0 Å². The summed E-state index contributed by atoms with van der Waals surface area (Å²) >= 11 is 0. The number of ether oxygens (including phenoxy) is 2. The molecular formula is C15H24N2O5S. The Bertz CT molecular complexity index is 629. The zero-order valence-corrected chi connectivity index (χ0v) is 14.7. The Morgan fingerprint density at radius 2 is 1.83 bits per heavy atom. The number of rotatable bonds is 9. The molecule has 0 saturated carbocycles. The summed E-state index contributed by atoms with van der Waals surface area (Å²) in [5.74, 6) is 0.644. The van der Waals surface area contributed by atoms with E-state index in [2.05, 4.69) is 10.0 Å². The van der Waals surface area contributed by atoms with Crippen molar-refractivity contribution < 1.29 is 22.7 Å². The molecule has 1 amide bonds. The second-order valence-electron chi connectivity index (χ2n) is 5.39. The van der Waals surface area contributed by atoms with Gasteiger partial charge in [-0.2, -0.15) is 0 Å². The molecule has 0 fully saturated rings. The fourth-order valence-electron chi connectivity index (χ4n) is 1.74. The summed E-state index contributed by atoms with van der Waals surface area (Å²) in [7, 11) is -0.402. The Kier molecular flexibility index (Phi) is 7.31. The maximum Gasteiger partial charge on any atom is 0.251 e. The first-order chi connectivity index (χ1) is 10.8. The van der Waals surface area contributed by atoms with Crippen molar-refractivity contribution in [3.63, 3.8) is 0 Å². The minimum atomic E-state index is -3.39. The molecule has 130 valence electrons. The van der Waals surface area contributed by atoms with Gasteiger partial charge in [-0.3, -0.25) is 4.79 Å². The van der Waals surface area contributed by atoms with E-state index in [1.54, 1.807) is 18.2 Å². The molecule has 1 aromatic rings. The van der Waals surface area contributed by atoms with Gasteiger partial charge in [0.05, 0.1) is 20.0 Å². The first-order valence-electron chi connectivity index (χ1n) is 7.26. The number of carbonyl (C=O) groups excluding carboxylic acids is 1. The van der Waals surface area contributed by atoms with Crippen LogP contribution in [0.25, 0.3) is 0 Å². The van der Waals surface area contributed by atoms with Gasteiger partial charge in [-0.1, -0.05) is 13.8 Å². The number of carbonyl (C=O) groups is 1. The second kappa shape index (κ2) is 8.73. The van der Waals surface area contributed by atoms with Gasteiger partial charge in [0.15, 0.2) is 11.5 Å². The van der Waals surface area contributed by atoms with Crippen LogP contribution in [0.1, 0.15) is 24.2 Å². The first kappa shape index (κ1) is 19.2. The zero-order valence-electron chi connectivity index (χ0n) is 13.9. The van der Waals surface area contributed by atoms with Gasteiger partial charge in [0.1, 0.15) is 0 Å². The Hall–Kier alpha value is -1.80. The van der Waals surface area contributed by atoms with Crippen molar-refractivity contribution in [2.45, 2.75) is 13.8 Å². The first-order valence-corrected chi connectivity index (χ1v) is 8.92. The Balaban J connectivity index is 2.57. The molecule has 8 heteroatoms. The molecule has 0 spiro atoms. The molecule has 7 nitrogen and oxygen atoms in total. The molecule has 1 aromatic carbocycles. The molecule has 0 unspecified atom stereocenters. The monoisotopic (exact) mass is 344 g/mol. The third kappa shape index (κ3) is 6.45. The van der Waals surface area contributed by atoms with Crippen LogP contribution in [0, 0.1) is 5.92 Å². The van der Waals surface area contributed by atoms with E-state index < -0.39 is 10.0 Å². The maximum absolute atomic E-state index is 12.0. The predicted octanol–water partition coefficient (Wildman–Crippen LogP) is 1.01. The van der Waals surface area contributed by atoms with E-state index in [-0.39, 0.29) is 24.1 Å². The molecule has 0 atom stereocenters. The van der Waals surface area contributed by atoms with Crippen LogP contribution in [0.3, 0.4) is 0 Å². The Morgan fingerprint density at radius 3 is 2.39 bits per heavy atom. The summed E-state index contributed by atoms with van der Waals surface area (Å²) in [4.78, 5) is 12.0. The molecule has 0 saturated heterocycles. The van der Waals surface area contributed by atoms with Crippen LogP contribution in [0.15, 0.2) is 18.2 Å². The summed E-state index contributed by atoms with van der Waals surface area (Å²) in [6.45, 7) is 4.25. The third-order valence-electron chi connectivity index (χ3n) is 3.01. The number of amides is 1. The van der Waals surface area contributed by atoms with Gasteiger partial charge in [-0.05, 0) is 24.1 Å². The van der Waals surface area contributed by atoms with Crippen molar-refractivity contribution in [2.75, 3.05) is 33.1 Å².